The fourth-order valence-corrected chi connectivity index (χ4v) is 3.81. The molecule has 2 aliphatic carbocycles. The van der Waals surface area contributed by atoms with Gasteiger partial charge in [0.25, 0.3) is 0 Å². The van der Waals surface area contributed by atoms with Crippen molar-refractivity contribution in [3.8, 4) is 0 Å². The molecule has 0 amide bonds. The van der Waals surface area contributed by atoms with E-state index in [1.807, 2.05) is 11.1 Å². The summed E-state index contributed by atoms with van der Waals surface area (Å²) in [6.45, 7) is 0. The van der Waals surface area contributed by atoms with Gasteiger partial charge in [-0.3, -0.25) is 0 Å². The van der Waals surface area contributed by atoms with E-state index in [-0.39, 0.29) is 0 Å². The van der Waals surface area contributed by atoms with Crippen molar-refractivity contribution in [3.63, 3.8) is 0 Å². The summed E-state index contributed by atoms with van der Waals surface area (Å²) in [5.74, 6) is 0.795. The van der Waals surface area contributed by atoms with Crippen molar-refractivity contribution >= 4 is 15.9 Å². The molecule has 3 rings (SSSR count). The number of rotatable bonds is 1. The molecule has 1 heteroatoms. The molecule has 0 N–H and O–H groups in total. The molecule has 0 saturated heterocycles. The van der Waals surface area contributed by atoms with Crippen molar-refractivity contribution in [2.45, 2.75) is 57.3 Å². The molecule has 0 aliphatic heterocycles. The standard InChI is InChI=1S/C17H21Br/c18-17-11-9-16(10-12-17)15-7-5-14(6-8-15)13-3-1-2-4-13/h9-12,15H,1-8H2. The predicted molar refractivity (Wildman–Crippen MR) is 80.8 cm³/mol. The largest absolute Gasteiger partial charge is 0.0710 e. The quantitative estimate of drug-likeness (QED) is 0.560. The second kappa shape index (κ2) is 5.61. The molecule has 0 radical (unpaired) electrons. The van der Waals surface area contributed by atoms with Gasteiger partial charge in [0, 0.05) is 4.47 Å². The van der Waals surface area contributed by atoms with E-state index in [1.54, 1.807) is 0 Å². The van der Waals surface area contributed by atoms with E-state index < -0.39 is 0 Å². The van der Waals surface area contributed by atoms with Gasteiger partial charge in [0.15, 0.2) is 0 Å². The van der Waals surface area contributed by atoms with Crippen LogP contribution in [-0.4, -0.2) is 0 Å². The maximum absolute atomic E-state index is 3.52. The second-order valence-electron chi connectivity index (χ2n) is 5.74. The van der Waals surface area contributed by atoms with Gasteiger partial charge in [-0.15, -0.1) is 0 Å². The number of allylic oxidation sites excluding steroid dienone is 2. The third-order valence-electron chi connectivity index (χ3n) is 4.64. The van der Waals surface area contributed by atoms with Crippen LogP contribution in [0.3, 0.4) is 0 Å². The number of hydrogen-bond acceptors (Lipinski definition) is 0. The van der Waals surface area contributed by atoms with Gasteiger partial charge in [-0.05, 0) is 75.0 Å². The minimum atomic E-state index is 0.795. The molecular formula is C17H21Br. The Morgan fingerprint density at radius 3 is 1.94 bits per heavy atom. The third kappa shape index (κ3) is 2.71. The normalized spacial score (nSPS) is 24.6. The van der Waals surface area contributed by atoms with Crippen LogP contribution in [0.5, 0.6) is 0 Å². The van der Waals surface area contributed by atoms with E-state index in [0.717, 1.165) is 5.92 Å². The topological polar surface area (TPSA) is 0 Å². The first kappa shape index (κ1) is 12.5. The average molecular weight is 305 g/mol. The lowest BCUT2D eigenvalue weighted by Crippen LogP contribution is -2.07. The summed E-state index contributed by atoms with van der Waals surface area (Å²) in [5.41, 5.74) is 5.18. The Labute approximate surface area is 119 Å². The van der Waals surface area contributed by atoms with E-state index in [9.17, 15) is 0 Å². The van der Waals surface area contributed by atoms with Crippen LogP contribution in [0, 0.1) is 0 Å². The van der Waals surface area contributed by atoms with Crippen LogP contribution in [0.2, 0.25) is 0 Å². The fourth-order valence-electron chi connectivity index (χ4n) is 3.54. The lowest BCUT2D eigenvalue weighted by Gasteiger charge is -2.26. The van der Waals surface area contributed by atoms with Crippen molar-refractivity contribution in [1.82, 2.24) is 0 Å². The van der Waals surface area contributed by atoms with Crippen molar-refractivity contribution in [2.75, 3.05) is 0 Å². The Bertz CT molecular complexity index is 423. The van der Waals surface area contributed by atoms with Gasteiger partial charge in [-0.25, -0.2) is 0 Å². The van der Waals surface area contributed by atoms with Gasteiger partial charge in [0.05, 0.1) is 0 Å². The lowest BCUT2D eigenvalue weighted by molar-refractivity contribution is 0.511. The molecule has 0 nitrogen and oxygen atoms in total. The van der Waals surface area contributed by atoms with Gasteiger partial charge >= 0.3 is 0 Å². The minimum Gasteiger partial charge on any atom is -0.0710 e. The average Bonchev–Trinajstić information content (AvgIpc) is 2.94. The summed E-state index contributed by atoms with van der Waals surface area (Å²) in [5, 5.41) is 0. The Hall–Kier alpha value is -0.560. The summed E-state index contributed by atoms with van der Waals surface area (Å²) < 4.78 is 1.19. The SMILES string of the molecule is Brc1ccc(C2CCC(=C3CCCC3)CC2)cc1. The maximum atomic E-state index is 3.52. The van der Waals surface area contributed by atoms with Crippen LogP contribution in [0.4, 0.5) is 0 Å². The number of hydrogen-bond donors (Lipinski definition) is 0. The summed E-state index contributed by atoms with van der Waals surface area (Å²) in [6, 6.07) is 8.95. The van der Waals surface area contributed by atoms with Gasteiger partial charge in [0.2, 0.25) is 0 Å². The van der Waals surface area contributed by atoms with E-state index in [1.165, 1.54) is 61.4 Å². The number of benzene rings is 1. The lowest BCUT2D eigenvalue weighted by atomic mass is 9.80. The summed E-state index contributed by atoms with van der Waals surface area (Å²) in [7, 11) is 0. The maximum Gasteiger partial charge on any atom is 0.0175 e. The van der Waals surface area contributed by atoms with Crippen molar-refractivity contribution in [1.29, 1.82) is 0 Å². The monoisotopic (exact) mass is 304 g/mol. The Kier molecular flexibility index (Phi) is 3.88. The van der Waals surface area contributed by atoms with E-state index in [0.29, 0.717) is 0 Å². The Morgan fingerprint density at radius 2 is 1.33 bits per heavy atom. The molecule has 96 valence electrons. The summed E-state index contributed by atoms with van der Waals surface area (Å²) >= 11 is 3.52. The van der Waals surface area contributed by atoms with E-state index >= 15 is 0 Å². The molecule has 0 bridgehead atoms. The number of halogens is 1. The Morgan fingerprint density at radius 1 is 0.778 bits per heavy atom. The Balaban J connectivity index is 1.66. The van der Waals surface area contributed by atoms with Gasteiger partial charge < -0.3 is 0 Å². The minimum absolute atomic E-state index is 0.795. The highest BCUT2D eigenvalue weighted by atomic mass is 79.9. The second-order valence-corrected chi connectivity index (χ2v) is 6.66. The molecule has 0 atom stereocenters. The molecule has 1 aromatic rings. The molecule has 2 fully saturated rings. The first-order valence-electron chi connectivity index (χ1n) is 7.28. The third-order valence-corrected chi connectivity index (χ3v) is 5.17. The zero-order valence-corrected chi connectivity index (χ0v) is 12.5. The highest BCUT2D eigenvalue weighted by Gasteiger charge is 2.21. The van der Waals surface area contributed by atoms with Crippen LogP contribution in [0.25, 0.3) is 0 Å². The highest BCUT2D eigenvalue weighted by Crippen LogP contribution is 2.40. The molecule has 18 heavy (non-hydrogen) atoms. The smallest absolute Gasteiger partial charge is 0.0175 e. The molecule has 2 saturated carbocycles. The highest BCUT2D eigenvalue weighted by molar-refractivity contribution is 9.10. The summed E-state index contributed by atoms with van der Waals surface area (Å²) in [4.78, 5) is 0. The van der Waals surface area contributed by atoms with Gasteiger partial charge in [-0.2, -0.15) is 0 Å². The zero-order chi connectivity index (χ0) is 12.4. The molecular weight excluding hydrogens is 284 g/mol. The van der Waals surface area contributed by atoms with Gasteiger partial charge in [0.1, 0.15) is 0 Å². The van der Waals surface area contributed by atoms with Crippen molar-refractivity contribution in [2.24, 2.45) is 0 Å². The molecule has 0 aromatic heterocycles. The molecule has 0 spiro atoms. The molecule has 0 unspecified atom stereocenters. The van der Waals surface area contributed by atoms with Gasteiger partial charge in [-0.1, -0.05) is 39.2 Å². The first-order valence-corrected chi connectivity index (χ1v) is 8.07. The van der Waals surface area contributed by atoms with E-state index in [2.05, 4.69) is 40.2 Å². The molecule has 0 heterocycles. The van der Waals surface area contributed by atoms with Crippen molar-refractivity contribution < 1.29 is 0 Å². The molecule has 1 aromatic carbocycles. The molecule has 2 aliphatic rings. The van der Waals surface area contributed by atoms with Crippen LogP contribution < -0.4 is 0 Å². The van der Waals surface area contributed by atoms with Crippen LogP contribution >= 0.6 is 15.9 Å². The zero-order valence-electron chi connectivity index (χ0n) is 10.9. The van der Waals surface area contributed by atoms with Crippen LogP contribution in [0.15, 0.2) is 39.9 Å². The van der Waals surface area contributed by atoms with Crippen LogP contribution in [-0.2, 0) is 0 Å². The predicted octanol–water partition coefficient (Wildman–Crippen LogP) is 5.98. The summed E-state index contributed by atoms with van der Waals surface area (Å²) in [6.07, 6.45) is 11.1. The van der Waals surface area contributed by atoms with Crippen LogP contribution in [0.1, 0.15) is 62.8 Å². The first-order chi connectivity index (χ1) is 8.83. The van der Waals surface area contributed by atoms with Crippen molar-refractivity contribution in [3.05, 3.63) is 45.4 Å². The fraction of sp³-hybridized carbons (Fsp3) is 0.529. The van der Waals surface area contributed by atoms with E-state index in [4.69, 9.17) is 0 Å².